The summed E-state index contributed by atoms with van der Waals surface area (Å²) in [6.07, 6.45) is 0.556. The maximum atomic E-state index is 10.3. The smallest absolute Gasteiger partial charge is 0.131 e. The summed E-state index contributed by atoms with van der Waals surface area (Å²) < 4.78 is 0. The van der Waals surface area contributed by atoms with E-state index >= 15 is 0 Å². The number of aliphatic hydroxyl groups is 1. The molecule has 0 radical (unpaired) electrons. The zero-order chi connectivity index (χ0) is 7.11. The van der Waals surface area contributed by atoms with E-state index in [-0.39, 0.29) is 12.4 Å². The summed E-state index contributed by atoms with van der Waals surface area (Å²) in [7, 11) is 0. The van der Waals surface area contributed by atoms with E-state index in [9.17, 15) is 4.79 Å². The number of ketones is 1. The van der Waals surface area contributed by atoms with Gasteiger partial charge in [-0.15, -0.1) is 0 Å². The summed E-state index contributed by atoms with van der Waals surface area (Å²) in [6, 6.07) is 0. The van der Waals surface area contributed by atoms with E-state index in [0.717, 1.165) is 0 Å². The lowest BCUT2D eigenvalue weighted by Crippen LogP contribution is -2.20. The van der Waals surface area contributed by atoms with E-state index in [4.69, 9.17) is 5.11 Å². The Morgan fingerprint density at radius 1 is 1.56 bits per heavy atom. The van der Waals surface area contributed by atoms with Gasteiger partial charge in [0.15, 0.2) is 0 Å². The third kappa shape index (κ3) is 7.59. The number of hydrogen-bond donors (Lipinski definition) is 2. The molecule has 0 spiro atoms. The molecule has 0 aromatic rings. The molecule has 0 bridgehead atoms. The van der Waals surface area contributed by atoms with Crippen LogP contribution in [-0.4, -0.2) is 30.6 Å². The second-order valence-electron chi connectivity index (χ2n) is 1.93. The standard InChI is InChI=1S/C6H13NO2/c1-6(9)2-3-7-4-5-8/h7-8H,2-5H2,1H3. The van der Waals surface area contributed by atoms with E-state index in [2.05, 4.69) is 5.32 Å². The summed E-state index contributed by atoms with van der Waals surface area (Å²) in [4.78, 5) is 10.3. The summed E-state index contributed by atoms with van der Waals surface area (Å²) >= 11 is 0. The number of aliphatic hydroxyl groups excluding tert-OH is 1. The zero-order valence-corrected chi connectivity index (χ0v) is 5.68. The Labute approximate surface area is 55.1 Å². The average Bonchev–Trinajstić information content (AvgIpc) is 1.80. The monoisotopic (exact) mass is 131 g/mol. The largest absolute Gasteiger partial charge is 0.395 e. The van der Waals surface area contributed by atoms with Crippen LogP contribution in [0.25, 0.3) is 0 Å². The highest BCUT2D eigenvalue weighted by molar-refractivity contribution is 5.75. The topological polar surface area (TPSA) is 49.3 Å². The van der Waals surface area contributed by atoms with Crippen molar-refractivity contribution in [1.29, 1.82) is 0 Å². The summed E-state index contributed by atoms with van der Waals surface area (Å²) in [5.74, 6) is 0.181. The van der Waals surface area contributed by atoms with E-state index in [1.54, 1.807) is 6.92 Å². The van der Waals surface area contributed by atoms with E-state index < -0.39 is 0 Å². The molecular weight excluding hydrogens is 118 g/mol. The number of rotatable bonds is 5. The van der Waals surface area contributed by atoms with Gasteiger partial charge < -0.3 is 10.4 Å². The quantitative estimate of drug-likeness (QED) is 0.497. The molecule has 0 unspecified atom stereocenters. The lowest BCUT2D eigenvalue weighted by atomic mass is 10.3. The first-order valence-corrected chi connectivity index (χ1v) is 3.08. The minimum absolute atomic E-state index is 0.137. The summed E-state index contributed by atoms with van der Waals surface area (Å²) in [5, 5.41) is 11.2. The Morgan fingerprint density at radius 2 is 2.22 bits per heavy atom. The molecule has 0 fully saturated rings. The van der Waals surface area contributed by atoms with Crippen molar-refractivity contribution in [2.75, 3.05) is 19.7 Å². The maximum absolute atomic E-state index is 10.3. The fraction of sp³-hybridized carbons (Fsp3) is 0.833. The van der Waals surface area contributed by atoms with Crippen LogP contribution < -0.4 is 5.32 Å². The number of carbonyl (C=O) groups is 1. The van der Waals surface area contributed by atoms with Crippen molar-refractivity contribution in [3.63, 3.8) is 0 Å². The highest BCUT2D eigenvalue weighted by atomic mass is 16.3. The van der Waals surface area contributed by atoms with Gasteiger partial charge in [-0.05, 0) is 6.92 Å². The van der Waals surface area contributed by atoms with Gasteiger partial charge in [0.2, 0.25) is 0 Å². The molecule has 3 nitrogen and oxygen atoms in total. The third-order valence-corrected chi connectivity index (χ3v) is 0.942. The molecule has 0 aliphatic rings. The van der Waals surface area contributed by atoms with Crippen LogP contribution in [-0.2, 0) is 4.79 Å². The van der Waals surface area contributed by atoms with Crippen molar-refractivity contribution in [2.45, 2.75) is 13.3 Å². The lowest BCUT2D eigenvalue weighted by Gasteiger charge is -1.97. The number of nitrogens with one attached hydrogen (secondary N) is 1. The van der Waals surface area contributed by atoms with E-state index in [1.807, 2.05) is 0 Å². The lowest BCUT2D eigenvalue weighted by molar-refractivity contribution is -0.116. The van der Waals surface area contributed by atoms with Gasteiger partial charge in [-0.2, -0.15) is 0 Å². The minimum Gasteiger partial charge on any atom is -0.395 e. The first-order valence-electron chi connectivity index (χ1n) is 3.08. The molecule has 0 amide bonds. The number of hydrogen-bond acceptors (Lipinski definition) is 3. The van der Waals surface area contributed by atoms with E-state index in [1.165, 1.54) is 0 Å². The fourth-order valence-electron chi connectivity index (χ4n) is 0.468. The van der Waals surface area contributed by atoms with Crippen molar-refractivity contribution < 1.29 is 9.90 Å². The Kier molecular flexibility index (Phi) is 5.46. The molecule has 0 aromatic carbocycles. The van der Waals surface area contributed by atoms with Crippen LogP contribution in [0.2, 0.25) is 0 Å². The van der Waals surface area contributed by atoms with Gasteiger partial charge in [0.05, 0.1) is 6.61 Å². The van der Waals surface area contributed by atoms with Crippen LogP contribution in [0, 0.1) is 0 Å². The Hall–Kier alpha value is -0.410. The predicted molar refractivity (Wildman–Crippen MR) is 35.3 cm³/mol. The van der Waals surface area contributed by atoms with Crippen molar-refractivity contribution in [1.82, 2.24) is 5.32 Å². The van der Waals surface area contributed by atoms with Crippen LogP contribution in [0.3, 0.4) is 0 Å². The second-order valence-corrected chi connectivity index (χ2v) is 1.93. The van der Waals surface area contributed by atoms with Crippen molar-refractivity contribution in [3.8, 4) is 0 Å². The zero-order valence-electron chi connectivity index (χ0n) is 5.68. The molecule has 0 aliphatic heterocycles. The molecular formula is C6H13NO2. The van der Waals surface area contributed by atoms with Crippen LogP contribution in [0.15, 0.2) is 0 Å². The third-order valence-electron chi connectivity index (χ3n) is 0.942. The van der Waals surface area contributed by atoms with Gasteiger partial charge in [-0.3, -0.25) is 4.79 Å². The van der Waals surface area contributed by atoms with E-state index in [0.29, 0.717) is 19.5 Å². The highest BCUT2D eigenvalue weighted by Gasteiger charge is 1.89. The van der Waals surface area contributed by atoms with Gasteiger partial charge in [-0.1, -0.05) is 0 Å². The maximum Gasteiger partial charge on any atom is 0.131 e. The molecule has 54 valence electrons. The first-order chi connectivity index (χ1) is 4.27. The number of carbonyl (C=O) groups excluding carboxylic acids is 1. The average molecular weight is 131 g/mol. The SMILES string of the molecule is CC(=O)CCNCCO. The number of Topliss-reactive ketones (excluding diaryl/α,β-unsaturated/α-hetero) is 1. The van der Waals surface area contributed by atoms with Gasteiger partial charge in [0.1, 0.15) is 5.78 Å². The Morgan fingerprint density at radius 3 is 2.67 bits per heavy atom. The summed E-state index contributed by atoms with van der Waals surface area (Å²) in [6.45, 7) is 2.95. The van der Waals surface area contributed by atoms with Gasteiger partial charge in [-0.25, -0.2) is 0 Å². The Bertz CT molecular complexity index is 83.1. The van der Waals surface area contributed by atoms with Crippen LogP contribution >= 0.6 is 0 Å². The van der Waals surface area contributed by atoms with Crippen LogP contribution in [0.1, 0.15) is 13.3 Å². The molecule has 0 saturated heterocycles. The van der Waals surface area contributed by atoms with Crippen molar-refractivity contribution in [3.05, 3.63) is 0 Å². The molecule has 0 heterocycles. The van der Waals surface area contributed by atoms with Gasteiger partial charge in [0, 0.05) is 19.5 Å². The molecule has 0 atom stereocenters. The molecule has 0 saturated carbocycles. The molecule has 2 N–H and O–H groups in total. The van der Waals surface area contributed by atoms with Gasteiger partial charge >= 0.3 is 0 Å². The first kappa shape index (κ1) is 8.59. The molecule has 0 aliphatic carbocycles. The fourth-order valence-corrected chi connectivity index (χ4v) is 0.468. The molecule has 0 aromatic heterocycles. The van der Waals surface area contributed by atoms with Gasteiger partial charge in [0.25, 0.3) is 0 Å². The van der Waals surface area contributed by atoms with Crippen LogP contribution in [0.5, 0.6) is 0 Å². The second kappa shape index (κ2) is 5.72. The Balaban J connectivity index is 2.83. The normalized spacial score (nSPS) is 9.56. The molecule has 9 heavy (non-hydrogen) atoms. The van der Waals surface area contributed by atoms with Crippen molar-refractivity contribution in [2.24, 2.45) is 0 Å². The minimum atomic E-state index is 0.137. The summed E-state index contributed by atoms with van der Waals surface area (Å²) in [5.41, 5.74) is 0. The molecule has 3 heteroatoms. The van der Waals surface area contributed by atoms with Crippen molar-refractivity contribution >= 4 is 5.78 Å². The predicted octanol–water partition coefficient (Wildman–Crippen LogP) is -0.453. The van der Waals surface area contributed by atoms with Crippen LogP contribution in [0.4, 0.5) is 0 Å². The molecule has 0 rings (SSSR count). The highest BCUT2D eigenvalue weighted by Crippen LogP contribution is 1.76.